The topological polar surface area (TPSA) is 35.0 Å². The van der Waals surface area contributed by atoms with Crippen LogP contribution in [0.1, 0.15) is 19.4 Å². The van der Waals surface area contributed by atoms with Gasteiger partial charge in [-0.3, -0.25) is 0 Å². The van der Waals surface area contributed by atoms with E-state index in [1.165, 1.54) is 6.07 Å². The van der Waals surface area contributed by atoms with E-state index in [9.17, 15) is 13.2 Å². The Morgan fingerprint density at radius 1 is 1.30 bits per heavy atom. The largest absolute Gasteiger partial charge is 0.490 e. The molecule has 0 atom stereocenters. The molecule has 2 aromatic rings. The zero-order valence-corrected chi connectivity index (χ0v) is 12.9. The second kappa shape index (κ2) is 5.69. The second-order valence-corrected chi connectivity index (χ2v) is 5.70. The van der Waals surface area contributed by atoms with Gasteiger partial charge >= 0.3 is 6.18 Å². The normalized spacial score (nSPS) is 11.9. The minimum absolute atomic E-state index is 0.181. The average Bonchev–Trinajstić information content (AvgIpc) is 2.74. The van der Waals surface area contributed by atoms with Crippen molar-refractivity contribution in [1.82, 2.24) is 9.36 Å². The van der Waals surface area contributed by atoms with Gasteiger partial charge in [0.1, 0.15) is 10.8 Å². The van der Waals surface area contributed by atoms with Crippen molar-refractivity contribution in [1.29, 1.82) is 0 Å². The summed E-state index contributed by atoms with van der Waals surface area (Å²) < 4.78 is 48.7. The molecule has 0 fully saturated rings. The van der Waals surface area contributed by atoms with Gasteiger partial charge in [0.25, 0.3) is 0 Å². The van der Waals surface area contributed by atoms with Gasteiger partial charge in [-0.05, 0) is 59.5 Å². The van der Waals surface area contributed by atoms with Crippen LogP contribution in [-0.4, -0.2) is 15.5 Å². The fourth-order valence-electron chi connectivity index (χ4n) is 1.56. The monoisotopic (exact) mass is 366 g/mol. The summed E-state index contributed by atoms with van der Waals surface area (Å²) in [4.78, 5) is 4.01. The predicted octanol–water partition coefficient (Wildman–Crippen LogP) is 4.77. The summed E-state index contributed by atoms with van der Waals surface area (Å²) in [5.41, 5.74) is -0.452. The third kappa shape index (κ3) is 3.49. The van der Waals surface area contributed by atoms with Crippen LogP contribution in [-0.2, 0) is 6.18 Å². The van der Waals surface area contributed by atoms with E-state index in [2.05, 4.69) is 25.3 Å². The molecule has 2 rings (SSSR count). The Bertz CT molecular complexity index is 613. The van der Waals surface area contributed by atoms with Crippen LogP contribution in [0.4, 0.5) is 13.2 Å². The van der Waals surface area contributed by atoms with Crippen molar-refractivity contribution in [2.75, 3.05) is 0 Å². The standard InChI is InChI=1S/C12H10BrF3N2OS/c1-6(2)19-9-4-3-7(5-8(9)12(14,15)16)10-17-11(13)18-20-10/h3-6H,1-2H3. The van der Waals surface area contributed by atoms with Gasteiger partial charge in [-0.1, -0.05) is 0 Å². The number of benzene rings is 1. The number of nitrogens with zero attached hydrogens (tertiary/aromatic N) is 2. The molecule has 0 aliphatic heterocycles. The molecule has 0 radical (unpaired) electrons. The lowest BCUT2D eigenvalue weighted by Gasteiger charge is -2.16. The van der Waals surface area contributed by atoms with E-state index in [4.69, 9.17) is 4.74 Å². The van der Waals surface area contributed by atoms with Crippen molar-refractivity contribution in [3.05, 3.63) is 28.5 Å². The molecule has 3 nitrogen and oxygen atoms in total. The first-order valence-corrected chi connectivity index (χ1v) is 7.21. The lowest BCUT2D eigenvalue weighted by atomic mass is 10.1. The fraction of sp³-hybridized carbons (Fsp3) is 0.333. The van der Waals surface area contributed by atoms with Gasteiger partial charge in [-0.2, -0.15) is 17.5 Å². The maximum Gasteiger partial charge on any atom is 0.419 e. The molecule has 0 aliphatic rings. The first-order valence-electron chi connectivity index (χ1n) is 5.65. The average molecular weight is 367 g/mol. The quantitative estimate of drug-likeness (QED) is 0.784. The van der Waals surface area contributed by atoms with Gasteiger partial charge in [-0.15, -0.1) is 0 Å². The van der Waals surface area contributed by atoms with Gasteiger partial charge in [0.15, 0.2) is 0 Å². The summed E-state index contributed by atoms with van der Waals surface area (Å²) in [5, 5.41) is 0.415. The highest BCUT2D eigenvalue weighted by Gasteiger charge is 2.35. The van der Waals surface area contributed by atoms with Crippen molar-refractivity contribution in [3.8, 4) is 16.3 Å². The molecule has 0 bridgehead atoms. The van der Waals surface area contributed by atoms with Crippen LogP contribution in [0.3, 0.4) is 0 Å². The summed E-state index contributed by atoms with van der Waals surface area (Å²) in [5.74, 6) is -0.181. The maximum absolute atomic E-state index is 13.1. The van der Waals surface area contributed by atoms with Crippen LogP contribution in [0.25, 0.3) is 10.6 Å². The number of rotatable bonds is 3. The fourth-order valence-corrected chi connectivity index (χ4v) is 2.64. The summed E-state index contributed by atoms with van der Waals surface area (Å²) in [6.45, 7) is 3.35. The highest BCUT2D eigenvalue weighted by molar-refractivity contribution is 9.10. The molecular formula is C12H10BrF3N2OS. The van der Waals surface area contributed by atoms with E-state index in [0.29, 0.717) is 15.3 Å². The summed E-state index contributed by atoms with van der Waals surface area (Å²) in [7, 11) is 0. The van der Waals surface area contributed by atoms with Gasteiger partial charge < -0.3 is 4.74 Å². The maximum atomic E-state index is 13.1. The molecule has 0 unspecified atom stereocenters. The Hall–Kier alpha value is -1.15. The zero-order valence-electron chi connectivity index (χ0n) is 10.5. The van der Waals surface area contributed by atoms with Gasteiger partial charge in [-0.25, -0.2) is 4.98 Å². The summed E-state index contributed by atoms with van der Waals surface area (Å²) in [6, 6.07) is 3.89. The lowest BCUT2D eigenvalue weighted by molar-refractivity contribution is -0.139. The van der Waals surface area contributed by atoms with Crippen LogP contribution in [0.5, 0.6) is 5.75 Å². The van der Waals surface area contributed by atoms with Gasteiger partial charge in [0.05, 0.1) is 11.7 Å². The molecule has 1 aromatic heterocycles. The smallest absolute Gasteiger partial charge is 0.419 e. The van der Waals surface area contributed by atoms with E-state index in [1.54, 1.807) is 19.9 Å². The van der Waals surface area contributed by atoms with E-state index in [-0.39, 0.29) is 11.9 Å². The van der Waals surface area contributed by atoms with Crippen LogP contribution in [0.15, 0.2) is 22.9 Å². The molecule has 0 amide bonds. The van der Waals surface area contributed by atoms with Gasteiger partial charge in [0, 0.05) is 5.56 Å². The predicted molar refractivity (Wildman–Crippen MR) is 73.8 cm³/mol. The zero-order chi connectivity index (χ0) is 14.9. The Kier molecular flexibility index (Phi) is 4.33. The Morgan fingerprint density at radius 2 is 2.00 bits per heavy atom. The van der Waals surface area contributed by atoms with Crippen molar-refractivity contribution in [2.24, 2.45) is 0 Å². The minimum atomic E-state index is -4.48. The molecule has 0 saturated carbocycles. The van der Waals surface area contributed by atoms with Crippen LogP contribution >= 0.6 is 27.5 Å². The lowest BCUT2D eigenvalue weighted by Crippen LogP contribution is -2.13. The molecule has 0 saturated heterocycles. The second-order valence-electron chi connectivity index (χ2n) is 4.24. The Balaban J connectivity index is 2.48. The van der Waals surface area contributed by atoms with Crippen LogP contribution in [0, 0.1) is 0 Å². The van der Waals surface area contributed by atoms with Crippen LogP contribution < -0.4 is 4.74 Å². The summed E-state index contributed by atoms with van der Waals surface area (Å²) >= 11 is 4.10. The number of halogens is 4. The number of hydrogen-bond acceptors (Lipinski definition) is 4. The van der Waals surface area contributed by atoms with Crippen molar-refractivity contribution in [3.63, 3.8) is 0 Å². The minimum Gasteiger partial charge on any atom is -0.490 e. The van der Waals surface area contributed by atoms with E-state index in [1.807, 2.05) is 0 Å². The molecular weight excluding hydrogens is 357 g/mol. The van der Waals surface area contributed by atoms with Crippen molar-refractivity contribution in [2.45, 2.75) is 26.1 Å². The molecule has 108 valence electrons. The SMILES string of the molecule is CC(C)Oc1ccc(-c2nc(Br)ns2)cc1C(F)(F)F. The first-order chi connectivity index (χ1) is 9.27. The number of aromatic nitrogens is 2. The van der Waals surface area contributed by atoms with E-state index in [0.717, 1.165) is 17.6 Å². The van der Waals surface area contributed by atoms with Gasteiger partial charge in [0.2, 0.25) is 4.73 Å². The molecule has 0 spiro atoms. The first kappa shape index (κ1) is 15.2. The van der Waals surface area contributed by atoms with Crippen molar-refractivity contribution >= 4 is 27.5 Å². The molecule has 1 aromatic carbocycles. The molecule has 0 N–H and O–H groups in total. The van der Waals surface area contributed by atoms with Crippen LogP contribution in [0.2, 0.25) is 0 Å². The van der Waals surface area contributed by atoms with E-state index >= 15 is 0 Å². The highest BCUT2D eigenvalue weighted by Crippen LogP contribution is 2.39. The number of hydrogen-bond donors (Lipinski definition) is 0. The Labute approximate surface area is 126 Å². The number of ether oxygens (including phenoxy) is 1. The molecule has 0 aliphatic carbocycles. The molecule has 20 heavy (non-hydrogen) atoms. The van der Waals surface area contributed by atoms with E-state index < -0.39 is 11.7 Å². The molecule has 1 heterocycles. The molecule has 8 heteroatoms. The number of alkyl halides is 3. The highest BCUT2D eigenvalue weighted by atomic mass is 79.9. The summed E-state index contributed by atoms with van der Waals surface area (Å²) in [6.07, 6.45) is -4.82. The van der Waals surface area contributed by atoms with Crippen molar-refractivity contribution < 1.29 is 17.9 Å². The third-order valence-corrected chi connectivity index (χ3v) is 3.65. The third-order valence-electron chi connectivity index (χ3n) is 2.30. The Morgan fingerprint density at radius 3 is 2.50 bits per heavy atom.